The second-order valence-corrected chi connectivity index (χ2v) is 4.13. The van der Waals surface area contributed by atoms with Gasteiger partial charge in [0, 0.05) is 13.5 Å². The molecule has 98 valence electrons. The molecule has 0 aromatic heterocycles. The highest BCUT2D eigenvalue weighted by molar-refractivity contribution is 6.01. The van der Waals surface area contributed by atoms with Crippen LogP contribution in [0.4, 0.5) is 8.78 Å². The highest BCUT2D eigenvalue weighted by Crippen LogP contribution is 2.25. The van der Waals surface area contributed by atoms with Crippen molar-refractivity contribution in [2.75, 3.05) is 7.05 Å². The van der Waals surface area contributed by atoms with Crippen molar-refractivity contribution < 1.29 is 23.5 Å². The van der Waals surface area contributed by atoms with Crippen LogP contribution in [0.15, 0.2) is 18.2 Å². The molecule has 6 heteroatoms. The fourth-order valence-corrected chi connectivity index (χ4v) is 1.59. The molecule has 0 spiro atoms. The molecule has 0 aliphatic carbocycles. The summed E-state index contributed by atoms with van der Waals surface area (Å²) in [6.45, 7) is 1.17. The van der Waals surface area contributed by atoms with E-state index in [2.05, 4.69) is 5.32 Å². The maximum absolute atomic E-state index is 13.4. The first-order chi connectivity index (χ1) is 8.31. The summed E-state index contributed by atoms with van der Waals surface area (Å²) in [6, 6.07) is 2.72. The van der Waals surface area contributed by atoms with Gasteiger partial charge in [-0.2, -0.15) is 0 Å². The Morgan fingerprint density at radius 3 is 2.50 bits per heavy atom. The Kier molecular flexibility index (Phi) is 4.00. The highest BCUT2D eigenvalue weighted by Gasteiger charge is 2.41. The third-order valence-electron chi connectivity index (χ3n) is 2.75. The molecule has 0 bridgehead atoms. The Balaban J connectivity index is 3.15. The van der Waals surface area contributed by atoms with Crippen LogP contribution in [-0.2, 0) is 16.0 Å². The van der Waals surface area contributed by atoms with Crippen LogP contribution in [-0.4, -0.2) is 24.0 Å². The molecule has 0 radical (unpaired) electrons. The highest BCUT2D eigenvalue weighted by atomic mass is 19.1. The van der Waals surface area contributed by atoms with E-state index in [9.17, 15) is 18.4 Å². The summed E-state index contributed by atoms with van der Waals surface area (Å²) in [6.07, 6.45) is -0.425. The molecular formula is C12H13F2NO3. The van der Waals surface area contributed by atoms with Crippen LogP contribution in [0.1, 0.15) is 12.5 Å². The fourth-order valence-electron chi connectivity index (χ4n) is 1.59. The van der Waals surface area contributed by atoms with Crippen molar-refractivity contribution in [3.05, 3.63) is 35.4 Å². The number of carbonyl (C=O) groups excluding carboxylic acids is 1. The number of rotatable bonds is 4. The zero-order chi connectivity index (χ0) is 13.9. The van der Waals surface area contributed by atoms with Gasteiger partial charge in [0.25, 0.3) is 0 Å². The zero-order valence-corrected chi connectivity index (χ0v) is 9.96. The van der Waals surface area contributed by atoms with Crippen LogP contribution in [0.5, 0.6) is 0 Å². The number of aliphatic carboxylic acids is 1. The Morgan fingerprint density at radius 1 is 1.39 bits per heavy atom. The van der Waals surface area contributed by atoms with Crippen LogP contribution in [0.25, 0.3) is 0 Å². The first kappa shape index (κ1) is 14.1. The lowest BCUT2D eigenvalue weighted by Crippen LogP contribution is -2.44. The van der Waals surface area contributed by atoms with Gasteiger partial charge in [0.05, 0.1) is 0 Å². The van der Waals surface area contributed by atoms with Crippen LogP contribution >= 0.6 is 0 Å². The zero-order valence-electron chi connectivity index (χ0n) is 9.96. The SMILES string of the molecule is CNC(=O)C(C)(Cc1cc(F)ccc1F)C(=O)O. The van der Waals surface area contributed by atoms with Crippen molar-refractivity contribution in [2.24, 2.45) is 5.41 Å². The van der Waals surface area contributed by atoms with Crippen molar-refractivity contribution >= 4 is 11.9 Å². The van der Waals surface area contributed by atoms with Crippen molar-refractivity contribution in [1.82, 2.24) is 5.32 Å². The number of hydrogen-bond donors (Lipinski definition) is 2. The van der Waals surface area contributed by atoms with Gasteiger partial charge in [-0.15, -0.1) is 0 Å². The largest absolute Gasteiger partial charge is 0.480 e. The van der Waals surface area contributed by atoms with E-state index in [1.165, 1.54) is 14.0 Å². The molecule has 0 heterocycles. The third-order valence-corrected chi connectivity index (χ3v) is 2.75. The molecular weight excluding hydrogens is 244 g/mol. The number of carbonyl (C=O) groups is 2. The summed E-state index contributed by atoms with van der Waals surface area (Å²) < 4.78 is 26.4. The molecule has 1 rings (SSSR count). The summed E-state index contributed by atoms with van der Waals surface area (Å²) in [5.41, 5.74) is -1.99. The lowest BCUT2D eigenvalue weighted by molar-refractivity contribution is -0.154. The molecule has 1 aromatic carbocycles. The number of nitrogens with one attached hydrogen (secondary N) is 1. The van der Waals surface area contributed by atoms with E-state index >= 15 is 0 Å². The van der Waals surface area contributed by atoms with Gasteiger partial charge >= 0.3 is 5.97 Å². The van der Waals surface area contributed by atoms with Gasteiger partial charge in [-0.1, -0.05) is 0 Å². The molecule has 1 unspecified atom stereocenters. The van der Waals surface area contributed by atoms with Crippen molar-refractivity contribution in [3.63, 3.8) is 0 Å². The quantitative estimate of drug-likeness (QED) is 0.800. The number of benzene rings is 1. The molecule has 0 saturated carbocycles. The predicted octanol–water partition coefficient (Wildman–Crippen LogP) is 1.34. The van der Waals surface area contributed by atoms with E-state index in [-0.39, 0.29) is 5.56 Å². The normalized spacial score (nSPS) is 13.8. The van der Waals surface area contributed by atoms with E-state index in [4.69, 9.17) is 5.11 Å². The summed E-state index contributed by atoms with van der Waals surface area (Å²) in [7, 11) is 1.28. The number of carboxylic acid groups (broad SMARTS) is 1. The maximum atomic E-state index is 13.4. The van der Waals surface area contributed by atoms with E-state index in [0.717, 1.165) is 18.2 Å². The summed E-state index contributed by atoms with van der Waals surface area (Å²) in [5.74, 6) is -3.59. The fraction of sp³-hybridized carbons (Fsp3) is 0.333. The molecule has 0 aliphatic heterocycles. The standard InChI is InChI=1S/C12H13F2NO3/c1-12(11(17)18,10(16)15-2)6-7-5-8(13)3-4-9(7)14/h3-5H,6H2,1-2H3,(H,15,16)(H,17,18). The Labute approximate surface area is 103 Å². The number of amides is 1. The van der Waals surface area contributed by atoms with Gasteiger partial charge in [0.1, 0.15) is 17.0 Å². The first-order valence-electron chi connectivity index (χ1n) is 5.20. The lowest BCUT2D eigenvalue weighted by atomic mass is 9.82. The number of hydrogen-bond acceptors (Lipinski definition) is 2. The molecule has 0 saturated heterocycles. The maximum Gasteiger partial charge on any atom is 0.319 e. The van der Waals surface area contributed by atoms with Crippen LogP contribution in [0, 0.1) is 17.0 Å². The lowest BCUT2D eigenvalue weighted by Gasteiger charge is -2.23. The van der Waals surface area contributed by atoms with Gasteiger partial charge in [0.2, 0.25) is 5.91 Å². The van der Waals surface area contributed by atoms with E-state index in [0.29, 0.717) is 0 Å². The van der Waals surface area contributed by atoms with Crippen molar-refractivity contribution in [2.45, 2.75) is 13.3 Å². The average molecular weight is 257 g/mol. The molecule has 4 nitrogen and oxygen atoms in total. The minimum absolute atomic E-state index is 0.150. The molecule has 2 N–H and O–H groups in total. The average Bonchev–Trinajstić information content (AvgIpc) is 2.32. The van der Waals surface area contributed by atoms with Gasteiger partial charge in [-0.3, -0.25) is 9.59 Å². The van der Waals surface area contributed by atoms with Crippen molar-refractivity contribution in [1.29, 1.82) is 0 Å². The first-order valence-corrected chi connectivity index (χ1v) is 5.20. The van der Waals surface area contributed by atoms with Crippen LogP contribution in [0.3, 0.4) is 0 Å². The van der Waals surface area contributed by atoms with E-state index < -0.39 is 35.3 Å². The second-order valence-electron chi connectivity index (χ2n) is 4.13. The molecule has 0 aliphatic rings. The van der Waals surface area contributed by atoms with Gasteiger partial charge in [-0.25, -0.2) is 8.78 Å². The molecule has 0 fully saturated rings. The Bertz CT molecular complexity index is 490. The summed E-state index contributed by atoms with van der Waals surface area (Å²) in [5, 5.41) is 11.3. The minimum Gasteiger partial charge on any atom is -0.480 e. The molecule has 18 heavy (non-hydrogen) atoms. The number of halogens is 2. The van der Waals surface area contributed by atoms with E-state index in [1.54, 1.807) is 0 Å². The van der Waals surface area contributed by atoms with Crippen LogP contribution in [0.2, 0.25) is 0 Å². The molecule has 1 aromatic rings. The third kappa shape index (κ3) is 2.64. The molecule has 1 atom stereocenters. The second kappa shape index (κ2) is 5.12. The van der Waals surface area contributed by atoms with Gasteiger partial charge < -0.3 is 10.4 Å². The smallest absolute Gasteiger partial charge is 0.319 e. The minimum atomic E-state index is -1.84. The Hall–Kier alpha value is -1.98. The monoisotopic (exact) mass is 257 g/mol. The van der Waals surface area contributed by atoms with Gasteiger partial charge in [-0.05, 0) is 30.7 Å². The van der Waals surface area contributed by atoms with Crippen molar-refractivity contribution in [3.8, 4) is 0 Å². The summed E-state index contributed by atoms with van der Waals surface area (Å²) in [4.78, 5) is 22.7. The van der Waals surface area contributed by atoms with E-state index in [1.807, 2.05) is 0 Å². The summed E-state index contributed by atoms with van der Waals surface area (Å²) >= 11 is 0. The Morgan fingerprint density at radius 2 is 2.00 bits per heavy atom. The topological polar surface area (TPSA) is 66.4 Å². The predicted molar refractivity (Wildman–Crippen MR) is 59.9 cm³/mol. The van der Waals surface area contributed by atoms with Crippen LogP contribution < -0.4 is 5.32 Å². The number of carboxylic acids is 1. The molecule has 1 amide bonds. The van der Waals surface area contributed by atoms with Gasteiger partial charge in [0.15, 0.2) is 0 Å².